The molecule has 0 radical (unpaired) electrons. The van der Waals surface area contributed by atoms with Crippen LogP contribution >= 0.6 is 0 Å². The standard InChI is InChI=1S/C13H11FN2O/c14-9-4-5-11(13(16)17)12(7-9)8-2-1-3-10(15)6-8/h1-7H,15H2,(H2,16,17). The number of nitrogen functional groups attached to an aromatic ring is 1. The Bertz CT molecular complexity index is 581. The maximum atomic E-state index is 13.2. The Kier molecular flexibility index (Phi) is 2.78. The molecule has 4 heteroatoms. The van der Waals surface area contributed by atoms with Crippen molar-refractivity contribution in [3.8, 4) is 11.1 Å². The molecule has 0 aliphatic carbocycles. The van der Waals surface area contributed by atoms with Crippen LogP contribution in [0.4, 0.5) is 10.1 Å². The van der Waals surface area contributed by atoms with Crippen LogP contribution < -0.4 is 11.5 Å². The van der Waals surface area contributed by atoms with Crippen molar-refractivity contribution in [2.24, 2.45) is 5.73 Å². The Balaban J connectivity index is 2.65. The van der Waals surface area contributed by atoms with Gasteiger partial charge in [-0.2, -0.15) is 0 Å². The van der Waals surface area contributed by atoms with E-state index in [-0.39, 0.29) is 5.56 Å². The van der Waals surface area contributed by atoms with E-state index in [1.165, 1.54) is 18.2 Å². The van der Waals surface area contributed by atoms with Gasteiger partial charge in [0, 0.05) is 11.3 Å². The highest BCUT2D eigenvalue weighted by Gasteiger charge is 2.11. The van der Waals surface area contributed by atoms with Crippen LogP contribution in [0.3, 0.4) is 0 Å². The van der Waals surface area contributed by atoms with Crippen LogP contribution in [0.15, 0.2) is 42.5 Å². The molecule has 0 saturated heterocycles. The Morgan fingerprint density at radius 3 is 2.53 bits per heavy atom. The number of carbonyl (C=O) groups excluding carboxylic acids is 1. The number of hydrogen-bond donors (Lipinski definition) is 2. The molecule has 0 aromatic heterocycles. The second-order valence-electron chi connectivity index (χ2n) is 3.68. The van der Waals surface area contributed by atoms with Crippen LogP contribution in [0.1, 0.15) is 10.4 Å². The fraction of sp³-hybridized carbons (Fsp3) is 0. The van der Waals surface area contributed by atoms with Crippen molar-refractivity contribution in [1.82, 2.24) is 0 Å². The molecule has 86 valence electrons. The first-order valence-electron chi connectivity index (χ1n) is 5.03. The van der Waals surface area contributed by atoms with Crippen molar-refractivity contribution < 1.29 is 9.18 Å². The third-order valence-electron chi connectivity index (χ3n) is 2.44. The topological polar surface area (TPSA) is 69.1 Å². The van der Waals surface area contributed by atoms with E-state index in [0.717, 1.165) is 0 Å². The van der Waals surface area contributed by atoms with E-state index in [1.54, 1.807) is 24.3 Å². The highest BCUT2D eigenvalue weighted by atomic mass is 19.1. The van der Waals surface area contributed by atoms with Crippen LogP contribution in [0.25, 0.3) is 11.1 Å². The highest BCUT2D eigenvalue weighted by Crippen LogP contribution is 2.26. The lowest BCUT2D eigenvalue weighted by Gasteiger charge is -2.07. The van der Waals surface area contributed by atoms with E-state index in [4.69, 9.17) is 11.5 Å². The molecule has 0 fully saturated rings. The average molecular weight is 230 g/mol. The number of nitrogens with two attached hydrogens (primary N) is 2. The number of primary amides is 1. The number of rotatable bonds is 2. The lowest BCUT2D eigenvalue weighted by Crippen LogP contribution is -2.12. The molecular weight excluding hydrogens is 219 g/mol. The fourth-order valence-corrected chi connectivity index (χ4v) is 1.68. The number of amides is 1. The molecule has 2 aromatic carbocycles. The van der Waals surface area contributed by atoms with Crippen molar-refractivity contribution in [1.29, 1.82) is 0 Å². The summed E-state index contributed by atoms with van der Waals surface area (Å²) in [5, 5.41) is 0. The maximum Gasteiger partial charge on any atom is 0.249 e. The molecule has 2 aromatic rings. The van der Waals surface area contributed by atoms with E-state index in [9.17, 15) is 9.18 Å². The zero-order chi connectivity index (χ0) is 12.4. The molecule has 1 amide bonds. The van der Waals surface area contributed by atoms with E-state index in [1.807, 2.05) is 0 Å². The zero-order valence-corrected chi connectivity index (χ0v) is 8.98. The molecule has 0 heterocycles. The summed E-state index contributed by atoms with van der Waals surface area (Å²) in [6.07, 6.45) is 0. The van der Waals surface area contributed by atoms with Crippen molar-refractivity contribution in [3.63, 3.8) is 0 Å². The first-order chi connectivity index (χ1) is 8.08. The van der Waals surface area contributed by atoms with Crippen molar-refractivity contribution >= 4 is 11.6 Å². The molecule has 0 aliphatic rings. The zero-order valence-electron chi connectivity index (χ0n) is 8.98. The fourth-order valence-electron chi connectivity index (χ4n) is 1.68. The van der Waals surface area contributed by atoms with E-state index >= 15 is 0 Å². The van der Waals surface area contributed by atoms with Crippen molar-refractivity contribution in [3.05, 3.63) is 53.8 Å². The first kappa shape index (κ1) is 11.1. The van der Waals surface area contributed by atoms with Gasteiger partial charge in [-0.05, 0) is 41.5 Å². The molecule has 3 nitrogen and oxygen atoms in total. The largest absolute Gasteiger partial charge is 0.399 e. The van der Waals surface area contributed by atoms with Crippen LogP contribution in [0.2, 0.25) is 0 Å². The summed E-state index contributed by atoms with van der Waals surface area (Å²) in [7, 11) is 0. The van der Waals surface area contributed by atoms with E-state index < -0.39 is 11.7 Å². The van der Waals surface area contributed by atoms with Crippen LogP contribution in [-0.2, 0) is 0 Å². The smallest absolute Gasteiger partial charge is 0.249 e. The third kappa shape index (κ3) is 2.25. The van der Waals surface area contributed by atoms with Crippen LogP contribution in [0.5, 0.6) is 0 Å². The predicted octanol–water partition coefficient (Wildman–Crippen LogP) is 2.17. The highest BCUT2D eigenvalue weighted by molar-refractivity contribution is 6.00. The summed E-state index contributed by atoms with van der Waals surface area (Å²) in [5.41, 5.74) is 12.8. The summed E-state index contributed by atoms with van der Waals surface area (Å²) < 4.78 is 13.2. The molecule has 0 bridgehead atoms. The van der Waals surface area contributed by atoms with Gasteiger partial charge in [-0.15, -0.1) is 0 Å². The Morgan fingerprint density at radius 1 is 1.12 bits per heavy atom. The maximum absolute atomic E-state index is 13.2. The quantitative estimate of drug-likeness (QED) is 0.776. The Morgan fingerprint density at radius 2 is 1.88 bits per heavy atom. The van der Waals surface area contributed by atoms with Gasteiger partial charge in [-0.1, -0.05) is 12.1 Å². The summed E-state index contributed by atoms with van der Waals surface area (Å²) in [6.45, 7) is 0. The van der Waals surface area contributed by atoms with Crippen LogP contribution in [0, 0.1) is 5.82 Å². The number of halogens is 1. The molecule has 0 spiro atoms. The molecule has 0 unspecified atom stereocenters. The van der Waals surface area contributed by atoms with Gasteiger partial charge < -0.3 is 11.5 Å². The minimum atomic E-state index is -0.595. The predicted molar refractivity (Wildman–Crippen MR) is 64.8 cm³/mol. The summed E-state index contributed by atoms with van der Waals surface area (Å²) >= 11 is 0. The van der Waals surface area contributed by atoms with E-state index in [0.29, 0.717) is 16.8 Å². The molecule has 0 saturated carbocycles. The minimum Gasteiger partial charge on any atom is -0.399 e. The molecule has 0 aliphatic heterocycles. The lowest BCUT2D eigenvalue weighted by molar-refractivity contribution is 0.100. The average Bonchev–Trinajstić information content (AvgIpc) is 2.28. The number of hydrogen-bond acceptors (Lipinski definition) is 2. The van der Waals surface area contributed by atoms with E-state index in [2.05, 4.69) is 0 Å². The Labute approximate surface area is 97.9 Å². The van der Waals surface area contributed by atoms with Crippen molar-refractivity contribution in [2.75, 3.05) is 5.73 Å². The van der Waals surface area contributed by atoms with Gasteiger partial charge in [0.1, 0.15) is 5.82 Å². The molecule has 17 heavy (non-hydrogen) atoms. The van der Waals surface area contributed by atoms with Crippen molar-refractivity contribution in [2.45, 2.75) is 0 Å². The second-order valence-corrected chi connectivity index (χ2v) is 3.68. The summed E-state index contributed by atoms with van der Waals surface area (Å²) in [5.74, 6) is -1.02. The number of anilines is 1. The summed E-state index contributed by atoms with van der Waals surface area (Å²) in [4.78, 5) is 11.3. The third-order valence-corrected chi connectivity index (χ3v) is 2.44. The molecule has 4 N–H and O–H groups in total. The monoisotopic (exact) mass is 230 g/mol. The molecule has 2 rings (SSSR count). The van der Waals surface area contributed by atoms with Gasteiger partial charge in [-0.3, -0.25) is 4.79 Å². The number of carbonyl (C=O) groups is 1. The normalized spacial score (nSPS) is 10.2. The number of benzene rings is 2. The lowest BCUT2D eigenvalue weighted by atomic mass is 9.99. The first-order valence-corrected chi connectivity index (χ1v) is 5.03. The van der Waals surface area contributed by atoms with Gasteiger partial charge in [0.05, 0.1) is 0 Å². The summed E-state index contributed by atoms with van der Waals surface area (Å²) in [6, 6.07) is 10.7. The Hall–Kier alpha value is -2.36. The van der Waals surface area contributed by atoms with Gasteiger partial charge in [0.25, 0.3) is 0 Å². The van der Waals surface area contributed by atoms with Gasteiger partial charge >= 0.3 is 0 Å². The molecule has 0 atom stereocenters. The second kappa shape index (κ2) is 4.25. The van der Waals surface area contributed by atoms with Gasteiger partial charge in [0.2, 0.25) is 5.91 Å². The van der Waals surface area contributed by atoms with Crippen LogP contribution in [-0.4, -0.2) is 5.91 Å². The minimum absolute atomic E-state index is 0.275. The van der Waals surface area contributed by atoms with Gasteiger partial charge in [-0.25, -0.2) is 4.39 Å². The SMILES string of the molecule is NC(=O)c1ccc(F)cc1-c1cccc(N)c1. The molecular formula is C13H11FN2O. The van der Waals surface area contributed by atoms with Gasteiger partial charge in [0.15, 0.2) is 0 Å².